The third-order valence-corrected chi connectivity index (χ3v) is 8.89. The number of carbonyl (C=O) groups is 2. The Morgan fingerprint density at radius 2 is 1.97 bits per heavy atom. The van der Waals surface area contributed by atoms with Crippen LogP contribution in [0.25, 0.3) is 0 Å². The minimum Gasteiger partial charge on any atom is -0.481 e. The number of carboxylic acids is 1. The van der Waals surface area contributed by atoms with E-state index < -0.39 is 16.9 Å². The van der Waals surface area contributed by atoms with Crippen LogP contribution in [0.2, 0.25) is 0 Å². The summed E-state index contributed by atoms with van der Waals surface area (Å²) in [6, 6.07) is 8.74. The molecule has 0 aliphatic heterocycles. The maximum absolute atomic E-state index is 11.4. The van der Waals surface area contributed by atoms with Gasteiger partial charge in [0.2, 0.25) is 0 Å². The molecular formula is C26H42N2O3S. The van der Waals surface area contributed by atoms with Crippen LogP contribution in [-0.4, -0.2) is 46.8 Å². The zero-order valence-corrected chi connectivity index (χ0v) is 21.7. The summed E-state index contributed by atoms with van der Waals surface area (Å²) in [5.74, 6) is 1.26. The van der Waals surface area contributed by atoms with Crippen molar-refractivity contribution in [2.75, 3.05) is 13.6 Å². The summed E-state index contributed by atoms with van der Waals surface area (Å²) in [5, 5.41) is 12.8. The lowest BCUT2D eigenvalue weighted by atomic mass is 9.58. The molecule has 0 saturated heterocycles. The van der Waals surface area contributed by atoms with Gasteiger partial charge in [-0.25, -0.2) is 4.31 Å². The molecule has 0 heterocycles. The van der Waals surface area contributed by atoms with E-state index in [-0.39, 0.29) is 0 Å². The van der Waals surface area contributed by atoms with Crippen LogP contribution in [0.4, 0.5) is 0 Å². The van der Waals surface area contributed by atoms with Gasteiger partial charge in [-0.3, -0.25) is 4.79 Å². The summed E-state index contributed by atoms with van der Waals surface area (Å²) >= 11 is 1.65. The van der Waals surface area contributed by atoms with Gasteiger partial charge in [-0.2, -0.15) is 0 Å². The van der Waals surface area contributed by atoms with Crippen LogP contribution in [-0.2, 0) is 9.59 Å². The number of fused-ring (bicyclic) bond motifs is 2. The van der Waals surface area contributed by atoms with Gasteiger partial charge in [-0.05, 0) is 102 Å². The first-order chi connectivity index (χ1) is 15.0. The molecular weight excluding hydrogens is 420 g/mol. The van der Waals surface area contributed by atoms with Crippen LogP contribution in [0, 0.1) is 30.1 Å². The molecule has 180 valence electrons. The van der Waals surface area contributed by atoms with E-state index in [9.17, 15) is 14.7 Å². The fourth-order valence-corrected chi connectivity index (χ4v) is 6.60. The van der Waals surface area contributed by atoms with Crippen molar-refractivity contribution in [1.29, 1.82) is 0 Å². The standard InChI is InChI=1S/C13H23NO2.C13H19NOS/c1-8-4-9-5-10(11(8)14-3)7-13(2,6-9)12(15)16;1-5-14(13(3,4)10-15)16-12-9-7-6-8-11(12)2/h8-11,14H,4-7H2,1-3H3,(H,15,16);6-10H,5H2,1-4H3. The Balaban J connectivity index is 0.000000227. The third-order valence-electron chi connectivity index (χ3n) is 7.28. The van der Waals surface area contributed by atoms with Crippen LogP contribution < -0.4 is 5.32 Å². The van der Waals surface area contributed by atoms with Gasteiger partial charge in [0.15, 0.2) is 0 Å². The van der Waals surface area contributed by atoms with E-state index >= 15 is 0 Å². The molecule has 5 unspecified atom stereocenters. The van der Waals surface area contributed by atoms with Gasteiger partial charge >= 0.3 is 5.97 Å². The van der Waals surface area contributed by atoms with E-state index in [1.807, 2.05) is 40.0 Å². The van der Waals surface area contributed by atoms with E-state index in [0.717, 1.165) is 25.7 Å². The Kier molecular flexibility index (Phi) is 9.38. The second-order valence-corrected chi connectivity index (χ2v) is 11.5. The summed E-state index contributed by atoms with van der Waals surface area (Å²) in [6.07, 6.45) is 5.12. The van der Waals surface area contributed by atoms with Gasteiger partial charge in [0, 0.05) is 17.5 Å². The molecule has 2 aliphatic rings. The van der Waals surface area contributed by atoms with Gasteiger partial charge in [0.25, 0.3) is 0 Å². The lowest BCUT2D eigenvalue weighted by Gasteiger charge is -2.49. The van der Waals surface area contributed by atoms with Crippen LogP contribution in [0.15, 0.2) is 29.2 Å². The minimum absolute atomic E-state index is 0.429. The first-order valence-electron chi connectivity index (χ1n) is 11.9. The van der Waals surface area contributed by atoms with Crippen LogP contribution >= 0.6 is 11.9 Å². The van der Waals surface area contributed by atoms with Gasteiger partial charge in [-0.1, -0.05) is 32.0 Å². The van der Waals surface area contributed by atoms with E-state index in [2.05, 4.69) is 42.5 Å². The van der Waals surface area contributed by atoms with Gasteiger partial charge < -0.3 is 15.2 Å². The number of aliphatic carboxylic acids is 1. The number of carboxylic acid groups (broad SMARTS) is 1. The van der Waals surface area contributed by atoms with E-state index in [1.165, 1.54) is 23.3 Å². The molecule has 5 nitrogen and oxygen atoms in total. The minimum atomic E-state index is -0.605. The van der Waals surface area contributed by atoms with Gasteiger partial charge in [-0.15, -0.1) is 0 Å². The maximum Gasteiger partial charge on any atom is 0.309 e. The molecule has 2 fully saturated rings. The van der Waals surface area contributed by atoms with Gasteiger partial charge in [0.05, 0.1) is 11.0 Å². The SMILES string of the molecule is CCN(Sc1ccccc1C)C(C)(C)C=O.CNC1C(C)CC2CC1CC(C)(C(=O)O)C2. The highest BCUT2D eigenvalue weighted by Gasteiger charge is 2.48. The number of rotatable bonds is 7. The number of nitrogens with one attached hydrogen (secondary N) is 1. The number of aldehydes is 1. The average Bonchev–Trinajstić information content (AvgIpc) is 2.73. The molecule has 0 spiro atoms. The smallest absolute Gasteiger partial charge is 0.309 e. The molecule has 32 heavy (non-hydrogen) atoms. The number of hydrogen-bond donors (Lipinski definition) is 2. The fourth-order valence-electron chi connectivity index (χ4n) is 5.61. The second kappa shape index (κ2) is 11.2. The van der Waals surface area contributed by atoms with Crippen molar-refractivity contribution >= 4 is 24.2 Å². The second-order valence-electron chi connectivity index (χ2n) is 10.5. The molecule has 2 bridgehead atoms. The first-order valence-corrected chi connectivity index (χ1v) is 12.6. The van der Waals surface area contributed by atoms with Crippen molar-refractivity contribution in [2.45, 2.75) is 83.7 Å². The molecule has 0 aromatic heterocycles. The summed E-state index contributed by atoms with van der Waals surface area (Å²) < 4.78 is 2.10. The van der Waals surface area contributed by atoms with E-state index in [1.54, 1.807) is 11.9 Å². The molecule has 2 N–H and O–H groups in total. The molecule has 5 atom stereocenters. The highest BCUT2D eigenvalue weighted by Crippen LogP contribution is 2.50. The highest BCUT2D eigenvalue weighted by atomic mass is 32.2. The topological polar surface area (TPSA) is 69.6 Å². The first kappa shape index (κ1) is 26.9. The molecule has 1 aromatic rings. The largest absolute Gasteiger partial charge is 0.481 e. The molecule has 0 amide bonds. The lowest BCUT2D eigenvalue weighted by Crippen LogP contribution is -2.51. The number of hydrogen-bond acceptors (Lipinski definition) is 5. The zero-order chi connectivity index (χ0) is 24.1. The summed E-state index contributed by atoms with van der Waals surface area (Å²) in [6.45, 7) is 13.1. The monoisotopic (exact) mass is 462 g/mol. The van der Waals surface area contributed by atoms with Crippen molar-refractivity contribution < 1.29 is 14.7 Å². The number of carbonyl (C=O) groups excluding carboxylic acids is 1. The Morgan fingerprint density at radius 1 is 1.31 bits per heavy atom. The molecule has 3 rings (SSSR count). The Hall–Kier alpha value is -1.37. The van der Waals surface area contributed by atoms with Crippen LogP contribution in [0.3, 0.4) is 0 Å². The quantitative estimate of drug-likeness (QED) is 0.416. The van der Waals surface area contributed by atoms with E-state index in [4.69, 9.17) is 0 Å². The molecule has 2 saturated carbocycles. The molecule has 2 aliphatic carbocycles. The highest BCUT2D eigenvalue weighted by molar-refractivity contribution is 7.97. The molecule has 1 aromatic carbocycles. The predicted octanol–water partition coefficient (Wildman–Crippen LogP) is 5.42. The Morgan fingerprint density at radius 3 is 2.50 bits per heavy atom. The van der Waals surface area contributed by atoms with Crippen molar-refractivity contribution in [3.8, 4) is 0 Å². The van der Waals surface area contributed by atoms with E-state index in [0.29, 0.717) is 23.8 Å². The van der Waals surface area contributed by atoms with Crippen LogP contribution in [0.1, 0.15) is 65.9 Å². The van der Waals surface area contributed by atoms with Crippen LogP contribution in [0.5, 0.6) is 0 Å². The number of likely N-dealkylation sites (N-methyl/N-ethyl adjacent to an activating group) is 1. The Bertz CT molecular complexity index is 782. The zero-order valence-electron chi connectivity index (χ0n) is 20.9. The Labute approximate surface area is 198 Å². The average molecular weight is 463 g/mol. The summed E-state index contributed by atoms with van der Waals surface area (Å²) in [4.78, 5) is 23.6. The number of benzene rings is 1. The van der Waals surface area contributed by atoms with Crippen molar-refractivity contribution in [3.63, 3.8) is 0 Å². The summed E-state index contributed by atoms with van der Waals surface area (Å²) in [7, 11) is 2.01. The van der Waals surface area contributed by atoms with Gasteiger partial charge in [0.1, 0.15) is 6.29 Å². The summed E-state index contributed by atoms with van der Waals surface area (Å²) in [5.41, 5.74) is 0.331. The van der Waals surface area contributed by atoms with Crippen molar-refractivity contribution in [1.82, 2.24) is 9.62 Å². The number of aryl methyl sites for hydroxylation is 1. The van der Waals surface area contributed by atoms with Crippen molar-refractivity contribution in [3.05, 3.63) is 29.8 Å². The van der Waals surface area contributed by atoms with Crippen molar-refractivity contribution in [2.24, 2.45) is 23.2 Å². The maximum atomic E-state index is 11.4. The lowest BCUT2D eigenvalue weighted by molar-refractivity contribution is -0.154. The third kappa shape index (κ3) is 6.36. The molecule has 0 radical (unpaired) electrons. The normalized spacial score (nSPS) is 29.8. The predicted molar refractivity (Wildman–Crippen MR) is 133 cm³/mol. The fraction of sp³-hybridized carbons (Fsp3) is 0.692. The number of nitrogens with zero attached hydrogens (tertiary/aromatic N) is 1. The molecule has 6 heteroatoms.